The van der Waals surface area contributed by atoms with Crippen LogP contribution < -0.4 is 5.56 Å². The smallest absolute Gasteiger partial charge is 0.267 e. The molecule has 0 bridgehead atoms. The summed E-state index contributed by atoms with van der Waals surface area (Å²) in [6.07, 6.45) is 4.24. The summed E-state index contributed by atoms with van der Waals surface area (Å²) < 4.78 is 28.5. The van der Waals surface area contributed by atoms with Crippen molar-refractivity contribution in [2.24, 2.45) is 0 Å². The van der Waals surface area contributed by atoms with Crippen molar-refractivity contribution in [1.29, 1.82) is 0 Å². The van der Waals surface area contributed by atoms with Gasteiger partial charge >= 0.3 is 0 Å². The Hall–Kier alpha value is -1.25. The van der Waals surface area contributed by atoms with Crippen molar-refractivity contribution >= 4 is 26.3 Å². The van der Waals surface area contributed by atoms with Crippen LogP contribution >= 0.6 is 11.3 Å². The summed E-state index contributed by atoms with van der Waals surface area (Å²) >= 11 is 1.31. The molecule has 0 saturated carbocycles. The summed E-state index contributed by atoms with van der Waals surface area (Å²) in [4.78, 5) is 17.1. The molecule has 0 aromatic carbocycles. The monoisotopic (exact) mass is 327 g/mol. The van der Waals surface area contributed by atoms with Crippen LogP contribution in [0.2, 0.25) is 0 Å². The lowest BCUT2D eigenvalue weighted by molar-refractivity contribution is 0.268. The van der Waals surface area contributed by atoms with Crippen LogP contribution in [0.3, 0.4) is 0 Å². The number of aryl methyl sites for hydroxylation is 1. The summed E-state index contributed by atoms with van der Waals surface area (Å²) in [6.45, 7) is 3.94. The summed E-state index contributed by atoms with van der Waals surface area (Å²) in [5.74, 6) is 0. The Morgan fingerprint density at radius 2 is 2.14 bits per heavy atom. The second kappa shape index (κ2) is 5.19. The molecule has 1 aliphatic rings. The van der Waals surface area contributed by atoms with Gasteiger partial charge in [-0.25, -0.2) is 13.4 Å². The standard InChI is InChI=1S/C13H17N3O3S2/c1-9-5-3-4-6-16(9)21(18,19)11-10(2)14-13-15(12(11)17)7-8-20-13/h7-9H,3-6H2,1-2H3/t9-/m1/s1. The number of hydrogen-bond donors (Lipinski definition) is 0. The molecule has 1 saturated heterocycles. The van der Waals surface area contributed by atoms with Gasteiger partial charge in [-0.05, 0) is 26.7 Å². The normalized spacial score (nSPS) is 21.0. The van der Waals surface area contributed by atoms with Crippen LogP contribution in [0.25, 0.3) is 4.96 Å². The lowest BCUT2D eigenvalue weighted by Crippen LogP contribution is -2.44. The molecule has 0 N–H and O–H groups in total. The zero-order chi connectivity index (χ0) is 15.2. The number of sulfonamides is 1. The molecule has 1 aliphatic heterocycles. The maximum absolute atomic E-state index is 12.9. The van der Waals surface area contributed by atoms with Gasteiger partial charge in [0.05, 0.1) is 5.69 Å². The minimum atomic E-state index is -3.80. The maximum Gasteiger partial charge on any atom is 0.279 e. The fourth-order valence-corrected chi connectivity index (χ4v) is 5.48. The van der Waals surface area contributed by atoms with Crippen molar-refractivity contribution < 1.29 is 8.42 Å². The van der Waals surface area contributed by atoms with E-state index < -0.39 is 15.6 Å². The second-order valence-corrected chi connectivity index (χ2v) is 8.05. The first-order valence-corrected chi connectivity index (χ1v) is 9.23. The molecule has 0 radical (unpaired) electrons. The lowest BCUT2D eigenvalue weighted by Gasteiger charge is -2.32. The molecule has 0 amide bonds. The molecule has 6 nitrogen and oxygen atoms in total. The molecule has 8 heteroatoms. The minimum Gasteiger partial charge on any atom is -0.267 e. The van der Waals surface area contributed by atoms with E-state index >= 15 is 0 Å². The molecule has 3 rings (SSSR count). The second-order valence-electron chi connectivity index (χ2n) is 5.35. The molecule has 21 heavy (non-hydrogen) atoms. The first-order valence-electron chi connectivity index (χ1n) is 6.91. The van der Waals surface area contributed by atoms with Crippen molar-refractivity contribution in [2.45, 2.75) is 44.0 Å². The van der Waals surface area contributed by atoms with E-state index in [1.165, 1.54) is 20.0 Å². The molecule has 1 fully saturated rings. The number of aromatic nitrogens is 2. The summed E-state index contributed by atoms with van der Waals surface area (Å²) in [5, 5.41) is 1.73. The SMILES string of the molecule is Cc1nc2sccn2c(=O)c1S(=O)(=O)N1CCCC[C@H]1C. The van der Waals surface area contributed by atoms with Crippen LogP contribution in [0, 0.1) is 6.92 Å². The van der Waals surface area contributed by atoms with Crippen molar-refractivity contribution in [3.05, 3.63) is 27.6 Å². The third-order valence-corrected chi connectivity index (χ3v) is 6.81. The highest BCUT2D eigenvalue weighted by atomic mass is 32.2. The largest absolute Gasteiger partial charge is 0.279 e. The van der Waals surface area contributed by atoms with Crippen LogP contribution in [0.1, 0.15) is 31.9 Å². The Kier molecular flexibility index (Phi) is 3.62. The maximum atomic E-state index is 12.9. The number of hydrogen-bond acceptors (Lipinski definition) is 5. The third kappa shape index (κ3) is 2.31. The van der Waals surface area contributed by atoms with Crippen LogP contribution in [0.15, 0.2) is 21.3 Å². The minimum absolute atomic E-state index is 0.0780. The van der Waals surface area contributed by atoms with Crippen molar-refractivity contribution in [1.82, 2.24) is 13.7 Å². The van der Waals surface area contributed by atoms with Gasteiger partial charge in [-0.15, -0.1) is 11.3 Å². The summed E-state index contributed by atoms with van der Waals surface area (Å²) in [5.41, 5.74) is -0.225. The Balaban J connectivity index is 2.21. The average Bonchev–Trinajstić information content (AvgIpc) is 2.87. The first-order chi connectivity index (χ1) is 9.93. The lowest BCUT2D eigenvalue weighted by atomic mass is 10.1. The molecule has 3 heterocycles. The molecule has 1 atom stereocenters. The molecule has 2 aromatic rings. The van der Waals surface area contributed by atoms with Gasteiger partial charge in [0.2, 0.25) is 0 Å². The van der Waals surface area contributed by atoms with E-state index in [0.717, 1.165) is 19.3 Å². The van der Waals surface area contributed by atoms with Crippen molar-refractivity contribution in [2.75, 3.05) is 6.54 Å². The van der Waals surface area contributed by atoms with Crippen molar-refractivity contribution in [3.63, 3.8) is 0 Å². The van der Waals surface area contributed by atoms with E-state index in [2.05, 4.69) is 4.98 Å². The van der Waals surface area contributed by atoms with Gasteiger partial charge in [-0.3, -0.25) is 9.20 Å². The molecule has 114 valence electrons. The molecule has 0 spiro atoms. The zero-order valence-corrected chi connectivity index (χ0v) is 13.6. The van der Waals surface area contributed by atoms with Gasteiger partial charge in [0.1, 0.15) is 0 Å². The number of fused-ring (bicyclic) bond motifs is 1. The highest BCUT2D eigenvalue weighted by Gasteiger charge is 2.35. The van der Waals surface area contributed by atoms with Gasteiger partial charge in [0.15, 0.2) is 9.86 Å². The Morgan fingerprint density at radius 3 is 2.86 bits per heavy atom. The zero-order valence-electron chi connectivity index (χ0n) is 11.9. The van der Waals surface area contributed by atoms with E-state index in [1.807, 2.05) is 6.92 Å². The van der Waals surface area contributed by atoms with Gasteiger partial charge in [0, 0.05) is 24.2 Å². The Morgan fingerprint density at radius 1 is 1.38 bits per heavy atom. The Bertz CT molecular complexity index is 838. The highest BCUT2D eigenvalue weighted by molar-refractivity contribution is 7.89. The van der Waals surface area contributed by atoms with Crippen LogP contribution in [0.5, 0.6) is 0 Å². The number of rotatable bonds is 2. The number of piperidine rings is 1. The molecule has 2 aromatic heterocycles. The van der Waals surface area contributed by atoms with Gasteiger partial charge in [0.25, 0.3) is 15.6 Å². The number of thiazole rings is 1. The highest BCUT2D eigenvalue weighted by Crippen LogP contribution is 2.25. The predicted octanol–water partition coefficient (Wildman–Crippen LogP) is 1.63. The fraction of sp³-hybridized carbons (Fsp3) is 0.538. The van der Waals surface area contributed by atoms with Crippen molar-refractivity contribution in [3.8, 4) is 0 Å². The third-order valence-electron chi connectivity index (χ3n) is 3.90. The quantitative estimate of drug-likeness (QED) is 0.840. The van der Waals surface area contributed by atoms with Gasteiger partial charge in [-0.2, -0.15) is 4.31 Å². The first kappa shape index (κ1) is 14.7. The van der Waals surface area contributed by atoms with E-state index in [0.29, 0.717) is 11.5 Å². The van der Waals surface area contributed by atoms with Gasteiger partial charge < -0.3 is 0 Å². The van der Waals surface area contributed by atoms with Crippen LogP contribution in [0.4, 0.5) is 0 Å². The molecular weight excluding hydrogens is 310 g/mol. The van der Waals surface area contributed by atoms with E-state index in [9.17, 15) is 13.2 Å². The van der Waals surface area contributed by atoms with Crippen LogP contribution in [-0.4, -0.2) is 34.7 Å². The molecule has 0 unspecified atom stereocenters. The summed E-state index contributed by atoms with van der Waals surface area (Å²) in [6, 6.07) is -0.0780. The number of nitrogens with zero attached hydrogens (tertiary/aromatic N) is 3. The van der Waals surface area contributed by atoms with E-state index in [1.54, 1.807) is 18.5 Å². The molecular formula is C13H17N3O3S2. The van der Waals surface area contributed by atoms with Crippen LogP contribution in [-0.2, 0) is 10.0 Å². The fourth-order valence-electron chi connectivity index (χ4n) is 2.81. The molecule has 0 aliphatic carbocycles. The predicted molar refractivity (Wildman–Crippen MR) is 81.3 cm³/mol. The summed E-state index contributed by atoms with van der Waals surface area (Å²) in [7, 11) is -3.80. The Labute approximate surface area is 127 Å². The topological polar surface area (TPSA) is 71.8 Å². The average molecular weight is 327 g/mol. The van der Waals surface area contributed by atoms with Gasteiger partial charge in [-0.1, -0.05) is 6.42 Å². The van der Waals surface area contributed by atoms with E-state index in [4.69, 9.17) is 0 Å². The van der Waals surface area contributed by atoms with E-state index in [-0.39, 0.29) is 16.6 Å².